The Morgan fingerprint density at radius 2 is 2.00 bits per heavy atom. The number of nitrogens with two attached hydrogens (primary N) is 1. The molecule has 20 heavy (non-hydrogen) atoms. The van der Waals surface area contributed by atoms with E-state index in [9.17, 15) is 0 Å². The Kier molecular flexibility index (Phi) is 3.50. The van der Waals surface area contributed by atoms with Gasteiger partial charge in [-0.2, -0.15) is 5.10 Å². The van der Waals surface area contributed by atoms with Crippen molar-refractivity contribution in [2.75, 3.05) is 5.73 Å². The zero-order valence-electron chi connectivity index (χ0n) is 9.95. The number of aromatic amines is 1. The quantitative estimate of drug-likeness (QED) is 0.665. The Bertz CT molecular complexity index is 782. The summed E-state index contributed by atoms with van der Waals surface area (Å²) in [6.45, 7) is 0. The van der Waals surface area contributed by atoms with Crippen LogP contribution in [-0.2, 0) is 0 Å². The number of hydrogen-bond acceptors (Lipinski definition) is 3. The van der Waals surface area contributed by atoms with Crippen LogP contribution < -0.4 is 5.73 Å². The Hall–Kier alpha value is -1.43. The lowest BCUT2D eigenvalue weighted by molar-refractivity contribution is 0.542. The van der Waals surface area contributed by atoms with Gasteiger partial charge in [0.2, 0.25) is 0 Å². The summed E-state index contributed by atoms with van der Waals surface area (Å²) >= 11 is 15.3. The van der Waals surface area contributed by atoms with E-state index in [-0.39, 0.29) is 0 Å². The Labute approximate surface area is 133 Å². The Balaban J connectivity index is 2.21. The SMILES string of the molecule is Nc1n[nH]c(-c2ccoc2Br)c1-c1ccc(Cl)c(Cl)c1. The third-order valence-electron chi connectivity index (χ3n) is 2.89. The van der Waals surface area contributed by atoms with Crippen molar-refractivity contribution >= 4 is 44.9 Å². The molecule has 0 fully saturated rings. The molecule has 2 aromatic heterocycles. The topological polar surface area (TPSA) is 67.8 Å². The van der Waals surface area contributed by atoms with Crippen LogP contribution in [0.5, 0.6) is 0 Å². The molecule has 102 valence electrons. The number of halogens is 3. The van der Waals surface area contributed by atoms with Gasteiger partial charge in [-0.05, 0) is 39.7 Å². The molecular formula is C13H8BrCl2N3O. The minimum absolute atomic E-state index is 0.381. The number of furan rings is 1. The maximum Gasteiger partial charge on any atom is 0.178 e. The number of aromatic nitrogens is 2. The molecule has 0 aliphatic carbocycles. The van der Waals surface area contributed by atoms with Gasteiger partial charge in [0.05, 0.1) is 33.1 Å². The number of nitrogens with one attached hydrogen (secondary N) is 1. The van der Waals surface area contributed by atoms with Crippen molar-refractivity contribution in [3.8, 4) is 22.4 Å². The van der Waals surface area contributed by atoms with Crippen LogP contribution in [0.3, 0.4) is 0 Å². The zero-order chi connectivity index (χ0) is 14.3. The van der Waals surface area contributed by atoms with E-state index < -0.39 is 0 Å². The number of hydrogen-bond donors (Lipinski definition) is 2. The molecule has 0 aliphatic rings. The van der Waals surface area contributed by atoms with Crippen molar-refractivity contribution in [3.05, 3.63) is 45.2 Å². The summed E-state index contributed by atoms with van der Waals surface area (Å²) in [5.41, 5.74) is 9.12. The van der Waals surface area contributed by atoms with Gasteiger partial charge < -0.3 is 10.2 Å². The summed E-state index contributed by atoms with van der Waals surface area (Å²) in [6, 6.07) is 7.13. The Morgan fingerprint density at radius 3 is 2.65 bits per heavy atom. The van der Waals surface area contributed by atoms with Gasteiger partial charge in [0, 0.05) is 0 Å². The largest absolute Gasteiger partial charge is 0.457 e. The van der Waals surface area contributed by atoms with Crippen LogP contribution in [0, 0.1) is 0 Å². The third-order valence-corrected chi connectivity index (χ3v) is 4.24. The molecule has 0 amide bonds. The molecule has 0 unspecified atom stereocenters. The fraction of sp³-hybridized carbons (Fsp3) is 0. The van der Waals surface area contributed by atoms with Gasteiger partial charge in [-0.1, -0.05) is 29.3 Å². The van der Waals surface area contributed by atoms with Crippen molar-refractivity contribution in [2.45, 2.75) is 0 Å². The second-order valence-corrected chi connectivity index (χ2v) is 5.63. The van der Waals surface area contributed by atoms with Crippen molar-refractivity contribution in [1.29, 1.82) is 0 Å². The molecule has 0 spiro atoms. The molecule has 0 atom stereocenters. The van der Waals surface area contributed by atoms with Crippen LogP contribution >= 0.6 is 39.1 Å². The molecular weight excluding hydrogens is 365 g/mol. The van der Waals surface area contributed by atoms with Crippen molar-refractivity contribution in [3.63, 3.8) is 0 Å². The van der Waals surface area contributed by atoms with Gasteiger partial charge in [-0.25, -0.2) is 0 Å². The fourth-order valence-electron chi connectivity index (χ4n) is 1.97. The van der Waals surface area contributed by atoms with Gasteiger partial charge in [0.1, 0.15) is 0 Å². The maximum atomic E-state index is 6.06. The molecule has 3 rings (SSSR count). The highest BCUT2D eigenvalue weighted by Gasteiger charge is 2.18. The second kappa shape index (κ2) is 5.16. The summed E-state index contributed by atoms with van der Waals surface area (Å²) in [4.78, 5) is 0. The summed E-state index contributed by atoms with van der Waals surface area (Å²) in [7, 11) is 0. The molecule has 2 heterocycles. The minimum Gasteiger partial charge on any atom is -0.457 e. The summed E-state index contributed by atoms with van der Waals surface area (Å²) in [5.74, 6) is 0.381. The van der Waals surface area contributed by atoms with Gasteiger partial charge in [0.25, 0.3) is 0 Å². The third kappa shape index (κ3) is 2.22. The molecule has 4 nitrogen and oxygen atoms in total. The van der Waals surface area contributed by atoms with Gasteiger partial charge in [-0.15, -0.1) is 0 Å². The van der Waals surface area contributed by atoms with Crippen molar-refractivity contribution in [2.24, 2.45) is 0 Å². The van der Waals surface area contributed by atoms with Crippen LogP contribution in [-0.4, -0.2) is 10.2 Å². The maximum absolute atomic E-state index is 6.06. The Morgan fingerprint density at radius 1 is 1.20 bits per heavy atom. The monoisotopic (exact) mass is 371 g/mol. The average Bonchev–Trinajstić information content (AvgIpc) is 2.99. The fourth-order valence-corrected chi connectivity index (χ4v) is 2.70. The number of benzene rings is 1. The van der Waals surface area contributed by atoms with Crippen LogP contribution in [0.25, 0.3) is 22.4 Å². The molecule has 3 aromatic rings. The van der Waals surface area contributed by atoms with E-state index in [1.54, 1.807) is 18.4 Å². The van der Waals surface area contributed by atoms with E-state index in [2.05, 4.69) is 26.1 Å². The standard InChI is InChI=1S/C13H8BrCl2N3O/c14-12-7(3-4-20-12)11-10(13(17)19-18-11)6-1-2-8(15)9(16)5-6/h1-5H,(H3,17,18,19). The van der Waals surface area contributed by atoms with E-state index in [1.165, 1.54) is 0 Å². The minimum atomic E-state index is 0.381. The smallest absolute Gasteiger partial charge is 0.178 e. The average molecular weight is 373 g/mol. The van der Waals surface area contributed by atoms with E-state index in [0.717, 1.165) is 22.4 Å². The predicted octanol–water partition coefficient (Wildman–Crippen LogP) is 4.99. The lowest BCUT2D eigenvalue weighted by Crippen LogP contribution is -1.89. The van der Waals surface area contributed by atoms with Crippen LogP contribution in [0.1, 0.15) is 0 Å². The lowest BCUT2D eigenvalue weighted by atomic mass is 10.0. The van der Waals surface area contributed by atoms with Crippen LogP contribution in [0.4, 0.5) is 5.82 Å². The molecule has 7 heteroatoms. The summed E-state index contributed by atoms with van der Waals surface area (Å²) < 4.78 is 5.84. The zero-order valence-corrected chi connectivity index (χ0v) is 13.1. The number of anilines is 1. The highest BCUT2D eigenvalue weighted by atomic mass is 79.9. The van der Waals surface area contributed by atoms with E-state index >= 15 is 0 Å². The van der Waals surface area contributed by atoms with E-state index in [0.29, 0.717) is 20.5 Å². The molecule has 1 aromatic carbocycles. The molecule has 0 radical (unpaired) electrons. The van der Waals surface area contributed by atoms with Crippen molar-refractivity contribution < 1.29 is 4.42 Å². The van der Waals surface area contributed by atoms with E-state index in [1.807, 2.05) is 12.1 Å². The first-order valence-electron chi connectivity index (χ1n) is 5.60. The first kappa shape index (κ1) is 13.5. The first-order chi connectivity index (χ1) is 9.58. The number of nitrogens with zero attached hydrogens (tertiary/aromatic N) is 1. The molecule has 3 N–H and O–H groups in total. The number of nitrogen functional groups attached to an aromatic ring is 1. The molecule has 0 saturated carbocycles. The first-order valence-corrected chi connectivity index (χ1v) is 7.15. The van der Waals surface area contributed by atoms with Crippen molar-refractivity contribution in [1.82, 2.24) is 10.2 Å². The van der Waals surface area contributed by atoms with E-state index in [4.69, 9.17) is 33.4 Å². The van der Waals surface area contributed by atoms with Crippen LogP contribution in [0.15, 0.2) is 39.6 Å². The summed E-state index contributed by atoms with van der Waals surface area (Å²) in [5, 5.41) is 7.91. The predicted molar refractivity (Wildman–Crippen MR) is 83.9 cm³/mol. The molecule has 0 saturated heterocycles. The lowest BCUT2D eigenvalue weighted by Gasteiger charge is -2.05. The highest BCUT2D eigenvalue weighted by molar-refractivity contribution is 9.10. The number of H-pyrrole nitrogens is 1. The molecule has 0 bridgehead atoms. The normalized spacial score (nSPS) is 10.9. The van der Waals surface area contributed by atoms with Crippen LogP contribution in [0.2, 0.25) is 10.0 Å². The second-order valence-electron chi connectivity index (χ2n) is 4.10. The summed E-state index contributed by atoms with van der Waals surface area (Å²) in [6.07, 6.45) is 1.58. The van der Waals surface area contributed by atoms with Gasteiger partial charge in [-0.3, -0.25) is 5.10 Å². The molecule has 0 aliphatic heterocycles. The number of rotatable bonds is 2. The van der Waals surface area contributed by atoms with Gasteiger partial charge >= 0.3 is 0 Å². The highest BCUT2D eigenvalue weighted by Crippen LogP contribution is 2.39. The van der Waals surface area contributed by atoms with Gasteiger partial charge in [0.15, 0.2) is 10.5 Å².